The van der Waals surface area contributed by atoms with Gasteiger partial charge in [0.05, 0.1) is 29.8 Å². The molecule has 1 amide bonds. The summed E-state index contributed by atoms with van der Waals surface area (Å²) in [5.74, 6) is 1.86. The summed E-state index contributed by atoms with van der Waals surface area (Å²) >= 11 is 3.37. The van der Waals surface area contributed by atoms with Gasteiger partial charge in [-0.1, -0.05) is 37.3 Å². The number of aromatic nitrogens is 1. The van der Waals surface area contributed by atoms with Crippen LogP contribution < -0.4 is 9.46 Å². The lowest BCUT2D eigenvalue weighted by atomic mass is 9.81. The molecule has 230 valence electrons. The highest BCUT2D eigenvalue weighted by Gasteiger charge is 2.59. The summed E-state index contributed by atoms with van der Waals surface area (Å²) in [5.41, 5.74) is 7.53. The number of amides is 1. The first-order valence-electron chi connectivity index (χ1n) is 15.8. The molecule has 2 aliphatic heterocycles. The van der Waals surface area contributed by atoms with E-state index in [0.717, 1.165) is 31.8 Å². The third kappa shape index (κ3) is 5.50. The Balaban J connectivity index is 1.40. The number of benzene rings is 2. The minimum absolute atomic E-state index is 0.0535. The van der Waals surface area contributed by atoms with Crippen molar-refractivity contribution < 1.29 is 14.3 Å². The highest BCUT2D eigenvalue weighted by atomic mass is 32.2. The highest BCUT2D eigenvalue weighted by Crippen LogP contribution is 2.66. The molecule has 1 N–H and O–H groups in total. The van der Waals surface area contributed by atoms with Crippen molar-refractivity contribution in [3.63, 3.8) is 0 Å². The molecule has 43 heavy (non-hydrogen) atoms. The molecule has 4 aliphatic rings. The summed E-state index contributed by atoms with van der Waals surface area (Å²) in [6.07, 6.45) is 7.93. The van der Waals surface area contributed by atoms with E-state index in [0.29, 0.717) is 17.4 Å². The van der Waals surface area contributed by atoms with Crippen molar-refractivity contribution in [2.75, 3.05) is 34.3 Å². The van der Waals surface area contributed by atoms with E-state index in [4.69, 9.17) is 9.47 Å². The van der Waals surface area contributed by atoms with E-state index in [-0.39, 0.29) is 22.9 Å². The lowest BCUT2D eigenvalue weighted by molar-refractivity contribution is -0.0416. The molecule has 0 bridgehead atoms. The van der Waals surface area contributed by atoms with Gasteiger partial charge in [-0.2, -0.15) is 0 Å². The Morgan fingerprint density at radius 1 is 1.07 bits per heavy atom. The molecule has 7 nitrogen and oxygen atoms in total. The highest BCUT2D eigenvalue weighted by molar-refractivity contribution is 7.98. The summed E-state index contributed by atoms with van der Waals surface area (Å²) in [7, 11) is 5.64. The Morgan fingerprint density at radius 3 is 2.56 bits per heavy atom. The fraction of sp³-hybridized carbons (Fsp3) is 0.559. The summed E-state index contributed by atoms with van der Waals surface area (Å²) in [6.45, 7) is 7.18. The predicted molar refractivity (Wildman–Crippen MR) is 178 cm³/mol. The van der Waals surface area contributed by atoms with Crippen LogP contribution in [0.1, 0.15) is 85.7 Å². The quantitative estimate of drug-likeness (QED) is 0.280. The summed E-state index contributed by atoms with van der Waals surface area (Å²) < 4.78 is 22.0. The second-order valence-electron chi connectivity index (χ2n) is 13.2. The number of hydrogen-bond acceptors (Lipinski definition) is 7. The van der Waals surface area contributed by atoms with Crippen LogP contribution in [0.2, 0.25) is 0 Å². The smallest absolute Gasteiger partial charge is 0.262 e. The third-order valence-corrected chi connectivity index (χ3v) is 11.9. The molecule has 7 rings (SSSR count). The van der Waals surface area contributed by atoms with E-state index < -0.39 is 0 Å². The predicted octanol–water partition coefficient (Wildman–Crippen LogP) is 7.22. The van der Waals surface area contributed by atoms with Crippen molar-refractivity contribution in [1.29, 1.82) is 0 Å². The third-order valence-electron chi connectivity index (χ3n) is 9.74. The average Bonchev–Trinajstić information content (AvgIpc) is 3.62. The number of nitrogens with zero attached hydrogens (tertiary/aromatic N) is 3. The van der Waals surface area contributed by atoms with Crippen LogP contribution in [0.15, 0.2) is 36.4 Å². The maximum Gasteiger partial charge on any atom is 0.262 e. The monoisotopic (exact) mass is 620 g/mol. The molecule has 2 aliphatic carbocycles. The van der Waals surface area contributed by atoms with Gasteiger partial charge in [0.25, 0.3) is 5.91 Å². The lowest BCUT2D eigenvalue weighted by Crippen LogP contribution is -2.43. The number of methoxy groups -OCH3 is 1. The molecule has 3 aromatic rings. The zero-order chi connectivity index (χ0) is 29.9. The standard InChI is InChI=1S/C34H44N4O3S2/c1-21-18-37(19-22(2)41-21)42-34-17-29(34)28-16-25(40-5)12-14-26(28)32-31(23-9-7-6-8-10-23)27-13-11-24(15-30(27)38(32)20-34)33(39)35-43-36(3)4/h11-16,21-23,29H,6-10,17-20H2,1-5H3,(H,35,39)/t21-,22+,29?,34?. The van der Waals surface area contributed by atoms with Gasteiger partial charge in [0.2, 0.25) is 0 Å². The van der Waals surface area contributed by atoms with Crippen LogP contribution in [-0.2, 0) is 11.3 Å². The van der Waals surface area contributed by atoms with E-state index in [1.54, 1.807) is 7.11 Å². The minimum Gasteiger partial charge on any atom is -0.497 e. The SMILES string of the molecule is COc1ccc2c(c1)C1CC1(SN1C[C@@H](C)O[C@@H](C)C1)Cn1c-2c(C2CCCCC2)c2ccc(C(=O)NSN(C)C)cc21. The van der Waals surface area contributed by atoms with Crippen LogP contribution in [0.25, 0.3) is 22.2 Å². The van der Waals surface area contributed by atoms with Crippen molar-refractivity contribution in [2.45, 2.75) is 87.7 Å². The number of carbonyl (C=O) groups excluding carboxylic acids is 1. The molecule has 0 spiro atoms. The number of hydrogen-bond donors (Lipinski definition) is 1. The van der Waals surface area contributed by atoms with Crippen LogP contribution in [0.3, 0.4) is 0 Å². The van der Waals surface area contributed by atoms with Gasteiger partial charge in [0.15, 0.2) is 0 Å². The molecule has 4 atom stereocenters. The molecule has 3 heterocycles. The van der Waals surface area contributed by atoms with E-state index >= 15 is 0 Å². The zero-order valence-electron chi connectivity index (χ0n) is 26.0. The van der Waals surface area contributed by atoms with Crippen molar-refractivity contribution in [3.05, 3.63) is 53.1 Å². The molecular weight excluding hydrogens is 577 g/mol. The normalized spacial score (nSPS) is 27.3. The molecule has 2 saturated carbocycles. The van der Waals surface area contributed by atoms with Crippen LogP contribution >= 0.6 is 24.1 Å². The molecule has 2 aromatic carbocycles. The maximum atomic E-state index is 13.3. The zero-order valence-corrected chi connectivity index (χ0v) is 27.7. The largest absolute Gasteiger partial charge is 0.497 e. The van der Waals surface area contributed by atoms with Crippen molar-refractivity contribution in [3.8, 4) is 17.0 Å². The second kappa shape index (κ2) is 11.6. The van der Waals surface area contributed by atoms with Crippen molar-refractivity contribution >= 4 is 40.9 Å². The lowest BCUT2D eigenvalue weighted by Gasteiger charge is -2.36. The molecule has 2 unspecified atom stereocenters. The topological polar surface area (TPSA) is 59.0 Å². The maximum absolute atomic E-state index is 13.3. The Kier molecular flexibility index (Phi) is 7.99. The number of rotatable bonds is 7. The van der Waals surface area contributed by atoms with E-state index in [1.807, 2.05) is 24.5 Å². The Morgan fingerprint density at radius 2 is 1.84 bits per heavy atom. The Hall–Kier alpha value is -2.17. The summed E-state index contributed by atoms with van der Waals surface area (Å²) in [5, 5.41) is 1.31. The van der Waals surface area contributed by atoms with Gasteiger partial charge in [0, 0.05) is 59.7 Å². The van der Waals surface area contributed by atoms with E-state index in [1.165, 1.54) is 77.5 Å². The van der Waals surface area contributed by atoms with Crippen LogP contribution in [0, 0.1) is 0 Å². The van der Waals surface area contributed by atoms with E-state index in [9.17, 15) is 4.79 Å². The van der Waals surface area contributed by atoms with Gasteiger partial charge < -0.3 is 14.0 Å². The Labute approximate surface area is 264 Å². The molecule has 3 fully saturated rings. The molecule has 1 saturated heterocycles. The Bertz CT molecular complexity index is 1520. The average molecular weight is 621 g/mol. The van der Waals surface area contributed by atoms with Gasteiger partial charge in [-0.25, -0.2) is 8.61 Å². The van der Waals surface area contributed by atoms with E-state index in [2.05, 4.69) is 69.7 Å². The van der Waals surface area contributed by atoms with Gasteiger partial charge in [-0.05, 0) is 94.6 Å². The first kappa shape index (κ1) is 29.5. The van der Waals surface area contributed by atoms with Gasteiger partial charge in [-0.3, -0.25) is 9.52 Å². The molecular formula is C34H44N4O3S2. The number of carbonyl (C=O) groups is 1. The van der Waals surface area contributed by atoms with Crippen LogP contribution in [0.4, 0.5) is 0 Å². The number of ether oxygens (including phenoxy) is 2. The molecule has 0 radical (unpaired) electrons. The summed E-state index contributed by atoms with van der Waals surface area (Å²) in [6, 6.07) is 13.2. The molecule has 1 aromatic heterocycles. The molecule has 9 heteroatoms. The summed E-state index contributed by atoms with van der Waals surface area (Å²) in [4.78, 5) is 13.3. The first-order valence-corrected chi connectivity index (χ1v) is 17.4. The van der Waals surface area contributed by atoms with Gasteiger partial charge in [0.1, 0.15) is 5.75 Å². The number of nitrogens with one attached hydrogen (secondary N) is 1. The number of morpholine rings is 1. The second-order valence-corrected chi connectivity index (χ2v) is 15.8. The minimum atomic E-state index is -0.0567. The fourth-order valence-corrected chi connectivity index (χ4v) is 10.0. The van der Waals surface area contributed by atoms with Crippen molar-refractivity contribution in [2.24, 2.45) is 0 Å². The van der Waals surface area contributed by atoms with Gasteiger partial charge >= 0.3 is 0 Å². The van der Waals surface area contributed by atoms with Crippen LogP contribution in [0.5, 0.6) is 5.75 Å². The fourth-order valence-electron chi connectivity index (χ4n) is 7.85. The first-order chi connectivity index (χ1) is 20.8. The number of fused-ring (bicyclic) bond motifs is 7. The van der Waals surface area contributed by atoms with Crippen molar-refractivity contribution in [1.82, 2.24) is 17.9 Å². The van der Waals surface area contributed by atoms with Gasteiger partial charge in [-0.15, -0.1) is 0 Å². The van der Waals surface area contributed by atoms with Crippen LogP contribution in [-0.4, -0.2) is 70.3 Å².